The predicted molar refractivity (Wildman–Crippen MR) is 92.5 cm³/mol. The summed E-state index contributed by atoms with van der Waals surface area (Å²) in [5.41, 5.74) is 0.959. The second kappa shape index (κ2) is 6.80. The van der Waals surface area contributed by atoms with Crippen molar-refractivity contribution in [1.82, 2.24) is 19.6 Å². The van der Waals surface area contributed by atoms with Crippen LogP contribution in [0.1, 0.15) is 29.8 Å². The highest BCUT2D eigenvalue weighted by atomic mass is 19.4. The average Bonchev–Trinajstić information content (AvgIpc) is 3.15. The van der Waals surface area contributed by atoms with Gasteiger partial charge in [0, 0.05) is 24.8 Å². The zero-order valence-corrected chi connectivity index (χ0v) is 14.6. The largest absolute Gasteiger partial charge is 0.416 e. The minimum Gasteiger partial charge on any atom is -0.370 e. The number of hydrogen-bond donors (Lipinski definition) is 0. The highest BCUT2D eigenvalue weighted by Gasteiger charge is 2.31. The number of fused-ring (bicyclic) bond motifs is 1. The Morgan fingerprint density at radius 3 is 2.70 bits per heavy atom. The quantitative estimate of drug-likeness (QED) is 0.701. The second-order valence-electron chi connectivity index (χ2n) is 6.36. The Kier molecular flexibility index (Phi) is 4.47. The van der Waals surface area contributed by atoms with Gasteiger partial charge in [0.05, 0.1) is 12.2 Å². The third kappa shape index (κ3) is 3.46. The van der Waals surface area contributed by atoms with E-state index in [-0.39, 0.29) is 6.10 Å². The summed E-state index contributed by atoms with van der Waals surface area (Å²) in [6.07, 6.45) is -2.44. The zero-order chi connectivity index (χ0) is 19.0. The van der Waals surface area contributed by atoms with Crippen molar-refractivity contribution in [2.24, 2.45) is 0 Å². The smallest absolute Gasteiger partial charge is 0.370 e. The molecule has 0 saturated carbocycles. The van der Waals surface area contributed by atoms with E-state index in [1.165, 1.54) is 18.5 Å². The van der Waals surface area contributed by atoms with Crippen LogP contribution in [0.25, 0.3) is 5.78 Å². The number of alkyl halides is 3. The van der Waals surface area contributed by atoms with Gasteiger partial charge in [-0.3, -0.25) is 0 Å². The molecule has 0 amide bonds. The van der Waals surface area contributed by atoms with Gasteiger partial charge in [-0.1, -0.05) is 19.1 Å². The molecule has 1 fully saturated rings. The molecule has 2 aromatic heterocycles. The van der Waals surface area contributed by atoms with Gasteiger partial charge in [-0.15, -0.1) is 0 Å². The van der Waals surface area contributed by atoms with E-state index in [1.54, 1.807) is 4.52 Å². The van der Waals surface area contributed by atoms with E-state index in [0.717, 1.165) is 30.1 Å². The van der Waals surface area contributed by atoms with Crippen molar-refractivity contribution >= 4 is 11.6 Å². The first-order valence-corrected chi connectivity index (χ1v) is 8.69. The van der Waals surface area contributed by atoms with E-state index >= 15 is 0 Å². The first-order chi connectivity index (χ1) is 13.0. The molecule has 142 valence electrons. The number of aryl methyl sites for hydroxylation is 1. The molecule has 3 aromatic rings. The van der Waals surface area contributed by atoms with E-state index in [0.29, 0.717) is 31.0 Å². The molecule has 1 atom stereocenters. The summed E-state index contributed by atoms with van der Waals surface area (Å²) in [5.74, 6) is 1.39. The maximum Gasteiger partial charge on any atom is 0.416 e. The minimum absolute atomic E-state index is 0.321. The number of morpholine rings is 1. The Morgan fingerprint density at radius 2 is 2.00 bits per heavy atom. The van der Waals surface area contributed by atoms with Crippen molar-refractivity contribution in [2.75, 3.05) is 24.6 Å². The van der Waals surface area contributed by atoms with E-state index in [1.807, 2.05) is 13.0 Å². The number of nitrogens with zero attached hydrogens (tertiary/aromatic N) is 5. The summed E-state index contributed by atoms with van der Waals surface area (Å²) < 4.78 is 45.8. The van der Waals surface area contributed by atoms with Gasteiger partial charge < -0.3 is 9.64 Å². The van der Waals surface area contributed by atoms with Gasteiger partial charge in [-0.05, 0) is 24.1 Å². The lowest BCUT2D eigenvalue weighted by Gasteiger charge is -2.34. The molecule has 1 unspecified atom stereocenters. The average molecular weight is 377 g/mol. The second-order valence-corrected chi connectivity index (χ2v) is 6.36. The van der Waals surface area contributed by atoms with Crippen LogP contribution in [0.15, 0.2) is 36.7 Å². The molecule has 0 bridgehead atoms. The van der Waals surface area contributed by atoms with Gasteiger partial charge in [0.1, 0.15) is 18.2 Å². The summed E-state index contributed by atoms with van der Waals surface area (Å²) in [7, 11) is 0. The number of anilines is 1. The molecule has 9 heteroatoms. The van der Waals surface area contributed by atoms with Crippen molar-refractivity contribution in [1.29, 1.82) is 0 Å². The molecular formula is C18H18F3N5O. The Hall–Kier alpha value is -2.68. The van der Waals surface area contributed by atoms with Crippen LogP contribution in [0.4, 0.5) is 19.0 Å². The normalized spacial score (nSPS) is 18.2. The van der Waals surface area contributed by atoms with Gasteiger partial charge in [-0.2, -0.15) is 27.8 Å². The molecule has 3 heterocycles. The van der Waals surface area contributed by atoms with Crippen LogP contribution >= 0.6 is 0 Å². The first-order valence-electron chi connectivity index (χ1n) is 8.69. The summed E-state index contributed by atoms with van der Waals surface area (Å²) in [6, 6.07) is 7.11. The van der Waals surface area contributed by atoms with Crippen molar-refractivity contribution in [3.05, 3.63) is 53.5 Å². The van der Waals surface area contributed by atoms with Crippen LogP contribution in [0.3, 0.4) is 0 Å². The number of benzene rings is 1. The molecule has 4 rings (SSSR count). The Bertz CT molecular complexity index is 938. The SMILES string of the molecule is CCc1cc(N2CCOC(c3ccc(C(F)(F)F)cc3)C2)n2ncnc2n1. The van der Waals surface area contributed by atoms with Crippen LogP contribution < -0.4 is 4.90 Å². The zero-order valence-electron chi connectivity index (χ0n) is 14.6. The lowest BCUT2D eigenvalue weighted by molar-refractivity contribution is -0.137. The number of ether oxygens (including phenoxy) is 1. The van der Waals surface area contributed by atoms with E-state index in [2.05, 4.69) is 20.0 Å². The summed E-state index contributed by atoms with van der Waals surface area (Å²) in [6.45, 7) is 3.64. The van der Waals surface area contributed by atoms with Crippen LogP contribution in [0.5, 0.6) is 0 Å². The highest BCUT2D eigenvalue weighted by molar-refractivity contribution is 5.48. The van der Waals surface area contributed by atoms with Crippen LogP contribution in [-0.2, 0) is 17.3 Å². The van der Waals surface area contributed by atoms with Crippen LogP contribution in [0, 0.1) is 0 Å². The molecule has 1 saturated heterocycles. The molecule has 0 radical (unpaired) electrons. The van der Waals surface area contributed by atoms with Gasteiger partial charge in [0.2, 0.25) is 0 Å². The van der Waals surface area contributed by atoms with Gasteiger partial charge in [0.15, 0.2) is 0 Å². The van der Waals surface area contributed by atoms with Crippen molar-refractivity contribution < 1.29 is 17.9 Å². The van der Waals surface area contributed by atoms with Crippen LogP contribution in [-0.4, -0.2) is 39.3 Å². The standard InChI is InChI=1S/C18H18F3N5O/c1-2-14-9-16(26-17(24-14)22-11-23-26)25-7-8-27-15(10-25)12-3-5-13(6-4-12)18(19,20)21/h3-6,9,11,15H,2,7-8,10H2,1H3. The summed E-state index contributed by atoms with van der Waals surface area (Å²) in [5, 5.41) is 4.24. The van der Waals surface area contributed by atoms with Crippen molar-refractivity contribution in [3.8, 4) is 0 Å². The van der Waals surface area contributed by atoms with Crippen molar-refractivity contribution in [3.63, 3.8) is 0 Å². The maximum atomic E-state index is 12.8. The third-order valence-corrected chi connectivity index (χ3v) is 4.65. The molecule has 1 aliphatic heterocycles. The Labute approximate surface area is 153 Å². The molecule has 1 aromatic carbocycles. The van der Waals surface area contributed by atoms with Gasteiger partial charge >= 0.3 is 6.18 Å². The monoisotopic (exact) mass is 377 g/mol. The number of rotatable bonds is 3. The first kappa shape index (κ1) is 17.7. The van der Waals surface area contributed by atoms with Crippen LogP contribution in [0.2, 0.25) is 0 Å². The lowest BCUT2D eigenvalue weighted by atomic mass is 10.1. The molecule has 27 heavy (non-hydrogen) atoms. The van der Waals surface area contributed by atoms with Crippen molar-refractivity contribution in [2.45, 2.75) is 25.6 Å². The predicted octanol–water partition coefficient (Wildman–Crippen LogP) is 3.28. The molecule has 0 aliphatic carbocycles. The molecule has 1 aliphatic rings. The minimum atomic E-state index is -4.34. The Balaban J connectivity index is 1.61. The molecule has 0 spiro atoms. The summed E-state index contributed by atoms with van der Waals surface area (Å²) >= 11 is 0. The van der Waals surface area contributed by atoms with Gasteiger partial charge in [-0.25, -0.2) is 4.98 Å². The fourth-order valence-corrected chi connectivity index (χ4v) is 3.20. The molecule has 0 N–H and O–H groups in total. The van der Waals surface area contributed by atoms with E-state index in [9.17, 15) is 13.2 Å². The van der Waals surface area contributed by atoms with E-state index in [4.69, 9.17) is 4.74 Å². The fraction of sp³-hybridized carbons (Fsp3) is 0.389. The Morgan fingerprint density at radius 1 is 1.22 bits per heavy atom. The topological polar surface area (TPSA) is 55.6 Å². The third-order valence-electron chi connectivity index (χ3n) is 4.65. The number of aromatic nitrogens is 4. The lowest BCUT2D eigenvalue weighted by Crippen LogP contribution is -2.39. The summed E-state index contributed by atoms with van der Waals surface area (Å²) in [4.78, 5) is 10.7. The van der Waals surface area contributed by atoms with Gasteiger partial charge in [0.25, 0.3) is 5.78 Å². The van der Waals surface area contributed by atoms with E-state index < -0.39 is 11.7 Å². The number of hydrogen-bond acceptors (Lipinski definition) is 5. The fourth-order valence-electron chi connectivity index (χ4n) is 3.20. The highest BCUT2D eigenvalue weighted by Crippen LogP contribution is 2.32. The maximum absolute atomic E-state index is 12.8. The molecular weight excluding hydrogens is 359 g/mol. The molecule has 6 nitrogen and oxygen atoms in total. The number of halogens is 3.